The van der Waals surface area contributed by atoms with Crippen molar-refractivity contribution in [3.8, 4) is 5.75 Å². The van der Waals surface area contributed by atoms with Crippen LogP contribution in [0, 0.1) is 0 Å². The van der Waals surface area contributed by atoms with Crippen molar-refractivity contribution in [1.29, 1.82) is 0 Å². The van der Waals surface area contributed by atoms with Crippen LogP contribution in [0.25, 0.3) is 0 Å². The van der Waals surface area contributed by atoms with Gasteiger partial charge in [0.1, 0.15) is 12.4 Å². The van der Waals surface area contributed by atoms with Crippen LogP contribution in [0.4, 0.5) is 0 Å². The van der Waals surface area contributed by atoms with E-state index < -0.39 is 0 Å². The fraction of sp³-hybridized carbons (Fsp3) is 0.321. The van der Waals surface area contributed by atoms with E-state index in [1.54, 1.807) is 0 Å². The molecule has 0 fully saturated rings. The summed E-state index contributed by atoms with van der Waals surface area (Å²) < 4.78 is 11.4. The fourth-order valence-electron chi connectivity index (χ4n) is 4.39. The highest BCUT2D eigenvalue weighted by Gasteiger charge is 2.29. The third-order valence-electron chi connectivity index (χ3n) is 5.96. The molecule has 3 aromatic rings. The lowest BCUT2D eigenvalue weighted by Gasteiger charge is -2.36. The summed E-state index contributed by atoms with van der Waals surface area (Å²) in [6, 6.07) is 26.6. The molecule has 0 saturated heterocycles. The Kier molecular flexibility index (Phi) is 7.57. The molecule has 1 amide bonds. The second-order valence-electron chi connectivity index (χ2n) is 8.18. The third kappa shape index (κ3) is 5.57. The molecule has 1 aliphatic carbocycles. The van der Waals surface area contributed by atoms with Gasteiger partial charge in [-0.05, 0) is 60.6 Å². The molecule has 1 aliphatic rings. The van der Waals surface area contributed by atoms with Crippen molar-refractivity contribution in [3.63, 3.8) is 0 Å². The summed E-state index contributed by atoms with van der Waals surface area (Å²) in [5.41, 5.74) is 4.77. The van der Waals surface area contributed by atoms with Gasteiger partial charge in [0.25, 0.3) is 0 Å². The molecule has 0 N–H and O–H groups in total. The van der Waals surface area contributed by atoms with Crippen LogP contribution in [0.3, 0.4) is 0 Å². The zero-order valence-corrected chi connectivity index (χ0v) is 18.7. The summed E-state index contributed by atoms with van der Waals surface area (Å²) in [4.78, 5) is 15.4. The molecule has 166 valence electrons. The number of carbonyl (C=O) groups excluding carboxylic acids is 1. The zero-order chi connectivity index (χ0) is 22.2. The lowest BCUT2D eigenvalue weighted by molar-refractivity contribution is -0.140. The van der Waals surface area contributed by atoms with Crippen LogP contribution in [0.5, 0.6) is 5.75 Å². The lowest BCUT2D eigenvalue weighted by atomic mass is 9.86. The molecular formula is C28H31NO3. The molecule has 0 bridgehead atoms. The van der Waals surface area contributed by atoms with E-state index in [-0.39, 0.29) is 18.6 Å². The summed E-state index contributed by atoms with van der Waals surface area (Å²) in [5.74, 6) is 0.875. The van der Waals surface area contributed by atoms with Gasteiger partial charge in [0.05, 0.1) is 19.3 Å². The number of hydrogen-bond acceptors (Lipinski definition) is 3. The SMILES string of the molecule is CCOc1ccc(CN(C(=O)COCc2ccccc2)C2CCCc3ccccc32)cc1. The van der Waals surface area contributed by atoms with Crippen LogP contribution in [0.15, 0.2) is 78.9 Å². The lowest BCUT2D eigenvalue weighted by Crippen LogP contribution is -2.38. The average Bonchev–Trinajstić information content (AvgIpc) is 2.84. The minimum Gasteiger partial charge on any atom is -0.494 e. The summed E-state index contributed by atoms with van der Waals surface area (Å²) in [7, 11) is 0. The topological polar surface area (TPSA) is 38.8 Å². The van der Waals surface area contributed by atoms with Gasteiger partial charge in [0.15, 0.2) is 0 Å². The van der Waals surface area contributed by atoms with Crippen molar-refractivity contribution in [2.24, 2.45) is 0 Å². The van der Waals surface area contributed by atoms with E-state index in [0.717, 1.165) is 36.1 Å². The minimum absolute atomic E-state index is 0.0246. The number of nitrogens with zero attached hydrogens (tertiary/aromatic N) is 1. The first kappa shape index (κ1) is 22.1. The second kappa shape index (κ2) is 11.0. The number of ether oxygens (including phenoxy) is 2. The average molecular weight is 430 g/mol. The summed E-state index contributed by atoms with van der Waals surface area (Å²) >= 11 is 0. The molecule has 0 spiro atoms. The largest absolute Gasteiger partial charge is 0.494 e. The molecular weight excluding hydrogens is 398 g/mol. The van der Waals surface area contributed by atoms with Crippen molar-refractivity contribution in [3.05, 3.63) is 101 Å². The molecule has 0 saturated carbocycles. The first-order valence-corrected chi connectivity index (χ1v) is 11.4. The smallest absolute Gasteiger partial charge is 0.249 e. The van der Waals surface area contributed by atoms with E-state index in [9.17, 15) is 4.79 Å². The number of benzene rings is 3. The Morgan fingerprint density at radius 1 is 0.938 bits per heavy atom. The standard InChI is InChI=1S/C28H31NO3/c1-2-32-25-17-15-22(16-18-25)19-29(27-14-8-12-24-11-6-7-13-26(24)27)28(30)21-31-20-23-9-4-3-5-10-23/h3-7,9-11,13,15-18,27H,2,8,12,14,19-21H2,1H3. The molecule has 4 nitrogen and oxygen atoms in total. The van der Waals surface area contributed by atoms with Gasteiger partial charge in [-0.15, -0.1) is 0 Å². The highest BCUT2D eigenvalue weighted by molar-refractivity contribution is 5.78. The normalized spacial score (nSPS) is 15.1. The Hall–Kier alpha value is -3.11. The number of fused-ring (bicyclic) bond motifs is 1. The van der Waals surface area contributed by atoms with E-state index in [4.69, 9.17) is 9.47 Å². The number of rotatable bonds is 9. The van der Waals surface area contributed by atoms with Gasteiger partial charge < -0.3 is 14.4 Å². The van der Waals surface area contributed by atoms with E-state index in [0.29, 0.717) is 19.8 Å². The van der Waals surface area contributed by atoms with Crippen molar-refractivity contribution < 1.29 is 14.3 Å². The molecule has 0 heterocycles. The highest BCUT2D eigenvalue weighted by atomic mass is 16.5. The van der Waals surface area contributed by atoms with Crippen LogP contribution < -0.4 is 4.74 Å². The molecule has 0 aromatic heterocycles. The fourth-order valence-corrected chi connectivity index (χ4v) is 4.39. The number of hydrogen-bond donors (Lipinski definition) is 0. The monoisotopic (exact) mass is 429 g/mol. The Bertz CT molecular complexity index is 1000. The number of carbonyl (C=O) groups is 1. The molecule has 3 aromatic carbocycles. The molecule has 0 radical (unpaired) electrons. The summed E-state index contributed by atoms with van der Waals surface area (Å²) in [6.07, 6.45) is 3.13. The Morgan fingerprint density at radius 3 is 2.47 bits per heavy atom. The van der Waals surface area contributed by atoms with E-state index in [1.807, 2.05) is 66.4 Å². The first-order valence-electron chi connectivity index (χ1n) is 11.4. The van der Waals surface area contributed by atoms with Gasteiger partial charge in [-0.2, -0.15) is 0 Å². The Balaban J connectivity index is 1.51. The maximum Gasteiger partial charge on any atom is 0.249 e. The van der Waals surface area contributed by atoms with Gasteiger partial charge in [0.2, 0.25) is 5.91 Å². The maximum absolute atomic E-state index is 13.4. The Morgan fingerprint density at radius 2 is 1.69 bits per heavy atom. The van der Waals surface area contributed by atoms with Crippen molar-refractivity contribution in [2.75, 3.05) is 13.2 Å². The molecule has 1 unspecified atom stereocenters. The van der Waals surface area contributed by atoms with Gasteiger partial charge in [-0.1, -0.05) is 66.7 Å². The van der Waals surface area contributed by atoms with Crippen molar-refractivity contribution >= 4 is 5.91 Å². The predicted molar refractivity (Wildman–Crippen MR) is 126 cm³/mol. The predicted octanol–water partition coefficient (Wildman–Crippen LogP) is 5.71. The minimum atomic E-state index is 0.0246. The van der Waals surface area contributed by atoms with Crippen LogP contribution in [-0.2, 0) is 29.1 Å². The van der Waals surface area contributed by atoms with E-state index in [2.05, 4.69) is 24.3 Å². The zero-order valence-electron chi connectivity index (χ0n) is 18.7. The number of aryl methyl sites for hydroxylation is 1. The second-order valence-corrected chi connectivity index (χ2v) is 8.18. The van der Waals surface area contributed by atoms with Crippen LogP contribution in [0.2, 0.25) is 0 Å². The van der Waals surface area contributed by atoms with Crippen LogP contribution in [0.1, 0.15) is 48.1 Å². The summed E-state index contributed by atoms with van der Waals surface area (Å²) in [5, 5.41) is 0. The maximum atomic E-state index is 13.4. The molecule has 4 heteroatoms. The van der Waals surface area contributed by atoms with Gasteiger partial charge in [-0.25, -0.2) is 0 Å². The van der Waals surface area contributed by atoms with E-state index in [1.165, 1.54) is 11.1 Å². The highest BCUT2D eigenvalue weighted by Crippen LogP contribution is 2.35. The van der Waals surface area contributed by atoms with Gasteiger partial charge in [0, 0.05) is 6.54 Å². The molecule has 32 heavy (non-hydrogen) atoms. The quantitative estimate of drug-likeness (QED) is 0.437. The number of amides is 1. The van der Waals surface area contributed by atoms with Crippen molar-refractivity contribution in [1.82, 2.24) is 4.90 Å². The van der Waals surface area contributed by atoms with Gasteiger partial charge in [-0.3, -0.25) is 4.79 Å². The van der Waals surface area contributed by atoms with Crippen LogP contribution >= 0.6 is 0 Å². The first-order chi connectivity index (χ1) is 15.7. The van der Waals surface area contributed by atoms with E-state index >= 15 is 0 Å². The Labute approximate surface area is 190 Å². The summed E-state index contributed by atoms with van der Waals surface area (Å²) in [6.45, 7) is 3.68. The van der Waals surface area contributed by atoms with Crippen LogP contribution in [-0.4, -0.2) is 24.0 Å². The van der Waals surface area contributed by atoms with Gasteiger partial charge >= 0.3 is 0 Å². The molecule has 4 rings (SSSR count). The van der Waals surface area contributed by atoms with Crippen molar-refractivity contribution in [2.45, 2.75) is 45.4 Å². The molecule has 1 atom stereocenters. The third-order valence-corrected chi connectivity index (χ3v) is 5.96. The molecule has 0 aliphatic heterocycles.